The van der Waals surface area contributed by atoms with E-state index in [1.807, 2.05) is 6.92 Å². The van der Waals surface area contributed by atoms with Gasteiger partial charge in [0, 0.05) is 0 Å². The molecule has 0 radical (unpaired) electrons. The summed E-state index contributed by atoms with van der Waals surface area (Å²) in [7, 11) is 0. The van der Waals surface area contributed by atoms with E-state index in [2.05, 4.69) is 0 Å². The maximum absolute atomic E-state index is 12.0. The van der Waals surface area contributed by atoms with Crippen molar-refractivity contribution in [3.63, 3.8) is 0 Å². The molecule has 78 valence electrons. The molecule has 0 saturated heterocycles. The van der Waals surface area contributed by atoms with Crippen molar-refractivity contribution in [1.29, 1.82) is 0 Å². The van der Waals surface area contributed by atoms with Crippen LogP contribution >= 0.6 is 0 Å². The molecule has 0 saturated carbocycles. The average molecular weight is 204 g/mol. The number of rotatable bonds is 3. The summed E-state index contributed by atoms with van der Waals surface area (Å²) in [6.45, 7) is 2.34. The van der Waals surface area contributed by atoms with Crippen molar-refractivity contribution in [2.75, 3.05) is 6.61 Å². The van der Waals surface area contributed by atoms with Crippen molar-refractivity contribution in [3.05, 3.63) is 29.8 Å². The number of ether oxygens (including phenoxy) is 1. The predicted octanol–water partition coefficient (Wildman–Crippen LogP) is 3.19. The van der Waals surface area contributed by atoms with E-state index in [0.717, 1.165) is 0 Å². The summed E-state index contributed by atoms with van der Waals surface area (Å²) in [6, 6.07) is 5.95. The Hall–Kier alpha value is -1.19. The van der Waals surface area contributed by atoms with Gasteiger partial charge < -0.3 is 4.74 Å². The van der Waals surface area contributed by atoms with Gasteiger partial charge in [-0.15, -0.1) is 0 Å². The molecule has 14 heavy (non-hydrogen) atoms. The lowest BCUT2D eigenvalue weighted by molar-refractivity contribution is -0.127. The van der Waals surface area contributed by atoms with E-state index in [-0.39, 0.29) is 5.56 Å². The molecule has 0 aromatic heterocycles. The van der Waals surface area contributed by atoms with Crippen molar-refractivity contribution < 1.29 is 17.9 Å². The summed E-state index contributed by atoms with van der Waals surface area (Å²) in [5.41, 5.74) is 0.251. The molecule has 4 heteroatoms. The molecule has 0 N–H and O–H groups in total. The zero-order valence-electron chi connectivity index (χ0n) is 7.77. The molecule has 1 aromatic rings. The highest BCUT2D eigenvalue weighted by atomic mass is 19.4. The predicted molar refractivity (Wildman–Crippen MR) is 47.4 cm³/mol. The van der Waals surface area contributed by atoms with Crippen LogP contribution < -0.4 is 4.74 Å². The van der Waals surface area contributed by atoms with Gasteiger partial charge in [-0.05, 0) is 24.6 Å². The van der Waals surface area contributed by atoms with E-state index in [4.69, 9.17) is 4.74 Å². The first kappa shape index (κ1) is 10.9. The van der Waals surface area contributed by atoms with E-state index in [1.165, 1.54) is 12.1 Å². The summed E-state index contributed by atoms with van der Waals surface area (Å²) in [5, 5.41) is 0. The molecule has 0 aliphatic heterocycles. The molecule has 1 rings (SSSR count). The highest BCUT2D eigenvalue weighted by molar-refractivity contribution is 5.27. The van der Waals surface area contributed by atoms with Gasteiger partial charge in [-0.3, -0.25) is 0 Å². The van der Waals surface area contributed by atoms with E-state index in [9.17, 15) is 13.2 Å². The Balaban J connectivity index is 2.64. The van der Waals surface area contributed by atoms with Crippen LogP contribution in [0.3, 0.4) is 0 Å². The molecule has 0 amide bonds. The van der Waals surface area contributed by atoms with Crippen LogP contribution in [0, 0.1) is 0 Å². The minimum Gasteiger partial charge on any atom is -0.494 e. The highest BCUT2D eigenvalue weighted by Gasteiger charge is 2.27. The first-order chi connectivity index (χ1) is 6.51. The van der Waals surface area contributed by atoms with Gasteiger partial charge in [0.05, 0.1) is 13.0 Å². The lowest BCUT2D eigenvalue weighted by Gasteiger charge is -2.07. The largest absolute Gasteiger partial charge is 0.494 e. The molecule has 0 heterocycles. The van der Waals surface area contributed by atoms with Gasteiger partial charge in [0.25, 0.3) is 0 Å². The Morgan fingerprint density at radius 1 is 1.14 bits per heavy atom. The van der Waals surface area contributed by atoms with Crippen LogP contribution in [-0.2, 0) is 6.42 Å². The Morgan fingerprint density at radius 2 is 1.71 bits per heavy atom. The third-order valence-corrected chi connectivity index (χ3v) is 1.64. The lowest BCUT2D eigenvalue weighted by Crippen LogP contribution is -2.11. The lowest BCUT2D eigenvalue weighted by atomic mass is 10.1. The second-order valence-electron chi connectivity index (χ2n) is 2.87. The van der Waals surface area contributed by atoms with Crippen molar-refractivity contribution in [3.8, 4) is 5.75 Å². The third kappa shape index (κ3) is 3.68. The van der Waals surface area contributed by atoms with Crippen molar-refractivity contribution >= 4 is 0 Å². The van der Waals surface area contributed by atoms with Crippen molar-refractivity contribution in [1.82, 2.24) is 0 Å². The maximum atomic E-state index is 12.0. The van der Waals surface area contributed by atoms with Crippen molar-refractivity contribution in [2.45, 2.75) is 19.5 Å². The zero-order chi connectivity index (χ0) is 10.6. The first-order valence-electron chi connectivity index (χ1n) is 4.30. The summed E-state index contributed by atoms with van der Waals surface area (Å²) in [6.07, 6.45) is -5.04. The Kier molecular flexibility index (Phi) is 3.38. The van der Waals surface area contributed by atoms with Gasteiger partial charge >= 0.3 is 6.18 Å². The van der Waals surface area contributed by atoms with Gasteiger partial charge in [0.15, 0.2) is 0 Å². The van der Waals surface area contributed by atoms with Crippen LogP contribution in [0.5, 0.6) is 5.75 Å². The number of alkyl halides is 3. The van der Waals surface area contributed by atoms with Crippen LogP contribution in [0.4, 0.5) is 13.2 Å². The first-order valence-corrected chi connectivity index (χ1v) is 4.30. The molecule has 1 aromatic carbocycles. The number of halogens is 3. The molecule has 0 aliphatic carbocycles. The summed E-state index contributed by atoms with van der Waals surface area (Å²) >= 11 is 0. The minimum atomic E-state index is -4.15. The topological polar surface area (TPSA) is 9.23 Å². The van der Waals surface area contributed by atoms with Crippen LogP contribution in [0.15, 0.2) is 24.3 Å². The normalized spacial score (nSPS) is 11.4. The summed E-state index contributed by atoms with van der Waals surface area (Å²) < 4.78 is 41.0. The quantitative estimate of drug-likeness (QED) is 0.734. The molecule has 0 fully saturated rings. The Morgan fingerprint density at radius 3 is 2.14 bits per heavy atom. The smallest absolute Gasteiger partial charge is 0.393 e. The van der Waals surface area contributed by atoms with E-state index < -0.39 is 12.6 Å². The molecular formula is C10H11F3O. The molecule has 0 bridgehead atoms. The van der Waals surface area contributed by atoms with Crippen LogP contribution in [0.1, 0.15) is 12.5 Å². The van der Waals surface area contributed by atoms with Gasteiger partial charge in [0.1, 0.15) is 5.75 Å². The van der Waals surface area contributed by atoms with Gasteiger partial charge in [-0.2, -0.15) is 13.2 Å². The van der Waals surface area contributed by atoms with Gasteiger partial charge in [-0.1, -0.05) is 12.1 Å². The Labute approximate surface area is 80.5 Å². The zero-order valence-corrected chi connectivity index (χ0v) is 7.77. The van der Waals surface area contributed by atoms with Gasteiger partial charge in [-0.25, -0.2) is 0 Å². The number of benzene rings is 1. The van der Waals surface area contributed by atoms with Crippen LogP contribution in [0.25, 0.3) is 0 Å². The van der Waals surface area contributed by atoms with E-state index in [0.29, 0.717) is 12.4 Å². The van der Waals surface area contributed by atoms with Crippen molar-refractivity contribution in [2.24, 2.45) is 0 Å². The van der Waals surface area contributed by atoms with Crippen LogP contribution in [0.2, 0.25) is 0 Å². The average Bonchev–Trinajstić information content (AvgIpc) is 2.06. The van der Waals surface area contributed by atoms with E-state index in [1.54, 1.807) is 12.1 Å². The fourth-order valence-corrected chi connectivity index (χ4v) is 1.10. The fourth-order valence-electron chi connectivity index (χ4n) is 1.10. The summed E-state index contributed by atoms with van der Waals surface area (Å²) in [5.74, 6) is 0.596. The third-order valence-electron chi connectivity index (χ3n) is 1.64. The molecule has 0 spiro atoms. The van der Waals surface area contributed by atoms with E-state index >= 15 is 0 Å². The number of hydrogen-bond acceptors (Lipinski definition) is 1. The monoisotopic (exact) mass is 204 g/mol. The molecule has 0 aliphatic rings. The molecular weight excluding hydrogens is 193 g/mol. The maximum Gasteiger partial charge on any atom is 0.393 e. The van der Waals surface area contributed by atoms with Gasteiger partial charge in [0.2, 0.25) is 0 Å². The van der Waals surface area contributed by atoms with Crippen LogP contribution in [-0.4, -0.2) is 12.8 Å². The second-order valence-corrected chi connectivity index (χ2v) is 2.87. The standard InChI is InChI=1S/C10H11F3O/c1-2-14-9-5-3-8(4-6-9)7-10(11,12)13/h3-6H,2,7H2,1H3. The minimum absolute atomic E-state index is 0.251. The fraction of sp³-hybridized carbons (Fsp3) is 0.400. The second kappa shape index (κ2) is 4.35. The molecule has 0 atom stereocenters. The molecule has 1 nitrogen and oxygen atoms in total. The highest BCUT2D eigenvalue weighted by Crippen LogP contribution is 2.22. The number of hydrogen-bond donors (Lipinski definition) is 0. The Bertz CT molecular complexity index is 276. The SMILES string of the molecule is CCOc1ccc(CC(F)(F)F)cc1. The molecule has 0 unspecified atom stereocenters. The summed E-state index contributed by atoms with van der Waals surface area (Å²) in [4.78, 5) is 0.